The van der Waals surface area contributed by atoms with Crippen LogP contribution in [0.15, 0.2) is 0 Å². The van der Waals surface area contributed by atoms with Crippen LogP contribution in [0.25, 0.3) is 0 Å². The molecule has 2 rings (SSSR count). The van der Waals surface area contributed by atoms with Crippen LogP contribution in [0.4, 0.5) is 0 Å². The fraction of sp³-hybridized carbons (Fsp3) is 0.909. The Morgan fingerprint density at radius 2 is 2.33 bits per heavy atom. The molecule has 2 unspecified atom stereocenters. The van der Waals surface area contributed by atoms with Crippen LogP contribution in [-0.4, -0.2) is 42.0 Å². The molecule has 2 saturated heterocycles. The maximum atomic E-state index is 11.7. The van der Waals surface area contributed by atoms with Gasteiger partial charge in [0, 0.05) is 18.6 Å². The molecule has 1 amide bonds. The van der Waals surface area contributed by atoms with E-state index in [0.717, 1.165) is 13.0 Å². The summed E-state index contributed by atoms with van der Waals surface area (Å²) in [7, 11) is 0. The van der Waals surface area contributed by atoms with Gasteiger partial charge in [0.2, 0.25) is 5.91 Å². The van der Waals surface area contributed by atoms with Crippen molar-refractivity contribution in [3.63, 3.8) is 0 Å². The first kappa shape index (κ1) is 10.9. The highest BCUT2D eigenvalue weighted by molar-refractivity contribution is 5.81. The number of rotatable bonds is 3. The molecular weight excluding hydrogens is 190 g/mol. The molecule has 0 spiro atoms. The van der Waals surface area contributed by atoms with Gasteiger partial charge in [-0.25, -0.2) is 0 Å². The van der Waals surface area contributed by atoms with E-state index in [1.54, 1.807) is 0 Å². The normalized spacial score (nSPS) is 32.7. The Morgan fingerprint density at radius 1 is 1.53 bits per heavy atom. The molecular formula is C11H21N3O. The summed E-state index contributed by atoms with van der Waals surface area (Å²) < 4.78 is 0. The molecule has 0 radical (unpaired) electrons. The van der Waals surface area contributed by atoms with Crippen molar-refractivity contribution < 1.29 is 4.79 Å². The van der Waals surface area contributed by atoms with Crippen LogP contribution in [0.5, 0.6) is 0 Å². The number of hydrogen-bond donors (Lipinski definition) is 2. The van der Waals surface area contributed by atoms with Gasteiger partial charge in [-0.15, -0.1) is 0 Å². The number of fused-ring (bicyclic) bond motifs is 1. The van der Waals surface area contributed by atoms with E-state index in [-0.39, 0.29) is 11.9 Å². The van der Waals surface area contributed by atoms with E-state index in [4.69, 9.17) is 5.73 Å². The first-order valence-electron chi connectivity index (χ1n) is 6.02. The molecule has 2 aliphatic rings. The molecule has 0 saturated carbocycles. The van der Waals surface area contributed by atoms with E-state index in [2.05, 4.69) is 10.2 Å². The summed E-state index contributed by atoms with van der Waals surface area (Å²) in [6.45, 7) is 4.29. The molecule has 15 heavy (non-hydrogen) atoms. The molecule has 3 atom stereocenters. The van der Waals surface area contributed by atoms with Crippen LogP contribution in [0.2, 0.25) is 0 Å². The predicted octanol–water partition coefficient (Wildman–Crippen LogP) is 0.0766. The van der Waals surface area contributed by atoms with Crippen molar-refractivity contribution in [2.24, 2.45) is 5.73 Å². The third-order valence-corrected chi connectivity index (χ3v) is 3.71. The van der Waals surface area contributed by atoms with Gasteiger partial charge in [-0.1, -0.05) is 6.92 Å². The monoisotopic (exact) mass is 211 g/mol. The van der Waals surface area contributed by atoms with Crippen LogP contribution in [0.1, 0.15) is 32.6 Å². The highest BCUT2D eigenvalue weighted by Crippen LogP contribution is 2.27. The Hall–Kier alpha value is -0.610. The van der Waals surface area contributed by atoms with Gasteiger partial charge in [0.25, 0.3) is 0 Å². The summed E-state index contributed by atoms with van der Waals surface area (Å²) >= 11 is 0. The molecule has 4 nitrogen and oxygen atoms in total. The molecule has 4 heteroatoms. The SMILES string of the molecule is CC[C@@H](N)C(=O)NC1CCN2CCCC12. The molecule has 3 N–H and O–H groups in total. The minimum Gasteiger partial charge on any atom is -0.350 e. The van der Waals surface area contributed by atoms with Crippen LogP contribution >= 0.6 is 0 Å². The van der Waals surface area contributed by atoms with Crippen molar-refractivity contribution in [3.05, 3.63) is 0 Å². The van der Waals surface area contributed by atoms with Gasteiger partial charge in [-0.2, -0.15) is 0 Å². The highest BCUT2D eigenvalue weighted by Gasteiger charge is 2.38. The molecule has 0 aromatic carbocycles. The van der Waals surface area contributed by atoms with Crippen LogP contribution in [0, 0.1) is 0 Å². The number of carbonyl (C=O) groups is 1. The minimum atomic E-state index is -0.333. The van der Waals surface area contributed by atoms with Gasteiger partial charge in [-0.05, 0) is 32.2 Å². The lowest BCUT2D eigenvalue weighted by Crippen LogP contribution is -2.48. The summed E-state index contributed by atoms with van der Waals surface area (Å²) in [6, 6.07) is 0.594. The topological polar surface area (TPSA) is 58.4 Å². The average molecular weight is 211 g/mol. The molecule has 0 aromatic heterocycles. The Bertz CT molecular complexity index is 244. The molecule has 0 aromatic rings. The zero-order valence-corrected chi connectivity index (χ0v) is 9.41. The summed E-state index contributed by atoms with van der Waals surface area (Å²) in [4.78, 5) is 14.2. The standard InChI is InChI=1S/C11H21N3O/c1-2-8(12)11(15)13-9-5-7-14-6-3-4-10(9)14/h8-10H,2-7,12H2,1H3,(H,13,15)/t8-,9?,10?/m1/s1. The third kappa shape index (κ3) is 2.16. The smallest absolute Gasteiger partial charge is 0.237 e. The van der Waals surface area contributed by atoms with E-state index in [1.165, 1.54) is 19.4 Å². The Kier molecular flexibility index (Phi) is 3.26. The molecule has 2 fully saturated rings. The largest absolute Gasteiger partial charge is 0.350 e. The average Bonchev–Trinajstić information content (AvgIpc) is 2.81. The quantitative estimate of drug-likeness (QED) is 0.695. The minimum absolute atomic E-state index is 0.0243. The van der Waals surface area contributed by atoms with Crippen molar-refractivity contribution in [1.29, 1.82) is 0 Å². The van der Waals surface area contributed by atoms with Gasteiger partial charge in [0.15, 0.2) is 0 Å². The lowest BCUT2D eigenvalue weighted by molar-refractivity contribution is -0.123. The number of nitrogens with zero attached hydrogens (tertiary/aromatic N) is 1. The number of nitrogens with one attached hydrogen (secondary N) is 1. The molecule has 0 aliphatic carbocycles. The van der Waals surface area contributed by atoms with Crippen LogP contribution in [0.3, 0.4) is 0 Å². The van der Waals surface area contributed by atoms with Crippen molar-refractivity contribution in [1.82, 2.24) is 10.2 Å². The van der Waals surface area contributed by atoms with Gasteiger partial charge < -0.3 is 11.1 Å². The van der Waals surface area contributed by atoms with Gasteiger partial charge in [0.1, 0.15) is 0 Å². The van der Waals surface area contributed by atoms with Gasteiger partial charge in [0.05, 0.1) is 6.04 Å². The Labute approximate surface area is 91.2 Å². The van der Waals surface area contributed by atoms with E-state index in [1.807, 2.05) is 6.92 Å². The second-order valence-electron chi connectivity index (χ2n) is 4.66. The Balaban J connectivity index is 1.87. The van der Waals surface area contributed by atoms with Gasteiger partial charge in [-0.3, -0.25) is 9.69 Å². The third-order valence-electron chi connectivity index (χ3n) is 3.71. The maximum Gasteiger partial charge on any atom is 0.237 e. The molecule has 86 valence electrons. The fourth-order valence-corrected chi connectivity index (χ4v) is 2.73. The van der Waals surface area contributed by atoms with Crippen LogP contribution in [-0.2, 0) is 4.79 Å². The van der Waals surface area contributed by atoms with Crippen molar-refractivity contribution in [2.45, 2.75) is 50.7 Å². The summed E-state index contributed by atoms with van der Waals surface area (Å²) in [5.74, 6) is 0.0243. The number of carbonyl (C=O) groups excluding carboxylic acids is 1. The summed E-state index contributed by atoms with van der Waals surface area (Å²) in [5.41, 5.74) is 5.71. The van der Waals surface area contributed by atoms with E-state index in [9.17, 15) is 4.79 Å². The number of amides is 1. The van der Waals surface area contributed by atoms with Crippen LogP contribution < -0.4 is 11.1 Å². The lowest BCUT2D eigenvalue weighted by Gasteiger charge is -2.22. The lowest BCUT2D eigenvalue weighted by atomic mass is 10.1. The first-order chi connectivity index (χ1) is 7.22. The van der Waals surface area contributed by atoms with Crippen molar-refractivity contribution >= 4 is 5.91 Å². The van der Waals surface area contributed by atoms with E-state index >= 15 is 0 Å². The predicted molar refractivity (Wildman–Crippen MR) is 59.4 cm³/mol. The second-order valence-corrected chi connectivity index (χ2v) is 4.66. The zero-order valence-electron chi connectivity index (χ0n) is 9.41. The van der Waals surface area contributed by atoms with E-state index < -0.39 is 0 Å². The number of hydrogen-bond acceptors (Lipinski definition) is 3. The van der Waals surface area contributed by atoms with Crippen molar-refractivity contribution in [2.75, 3.05) is 13.1 Å². The molecule has 2 heterocycles. The number of nitrogens with two attached hydrogens (primary N) is 1. The summed E-state index contributed by atoms with van der Waals surface area (Å²) in [5, 5.41) is 3.10. The Morgan fingerprint density at radius 3 is 3.07 bits per heavy atom. The van der Waals surface area contributed by atoms with Gasteiger partial charge >= 0.3 is 0 Å². The zero-order chi connectivity index (χ0) is 10.8. The molecule has 0 bridgehead atoms. The van der Waals surface area contributed by atoms with E-state index in [0.29, 0.717) is 18.5 Å². The van der Waals surface area contributed by atoms with Crippen molar-refractivity contribution in [3.8, 4) is 0 Å². The maximum absolute atomic E-state index is 11.7. The summed E-state index contributed by atoms with van der Waals surface area (Å²) in [6.07, 6.45) is 4.31. The fourth-order valence-electron chi connectivity index (χ4n) is 2.73. The highest BCUT2D eigenvalue weighted by atomic mass is 16.2. The molecule has 2 aliphatic heterocycles. The second kappa shape index (κ2) is 4.49. The first-order valence-corrected chi connectivity index (χ1v) is 6.02.